The highest BCUT2D eigenvalue weighted by Crippen LogP contribution is 2.27. The Bertz CT molecular complexity index is 805. The lowest BCUT2D eigenvalue weighted by Gasteiger charge is -2.28. The first-order valence-electron chi connectivity index (χ1n) is 10.1. The van der Waals surface area contributed by atoms with E-state index < -0.39 is 6.03 Å². The second kappa shape index (κ2) is 10.2. The largest absolute Gasteiger partial charge is 0.335 e. The molecule has 1 aliphatic carbocycles. The molecule has 154 valence electrons. The van der Waals surface area contributed by atoms with Crippen LogP contribution in [0.25, 0.3) is 0 Å². The predicted molar refractivity (Wildman–Crippen MR) is 111 cm³/mol. The van der Waals surface area contributed by atoms with E-state index in [1.807, 2.05) is 42.3 Å². The summed E-state index contributed by atoms with van der Waals surface area (Å²) in [5, 5.41) is 5.33. The van der Waals surface area contributed by atoms with Crippen molar-refractivity contribution in [3.63, 3.8) is 0 Å². The molecule has 6 heteroatoms. The molecule has 5 nitrogen and oxygen atoms in total. The first-order valence-corrected chi connectivity index (χ1v) is 10.1. The minimum atomic E-state index is -0.437. The van der Waals surface area contributed by atoms with Crippen LogP contribution in [0.15, 0.2) is 54.6 Å². The zero-order valence-electron chi connectivity index (χ0n) is 16.7. The molecule has 1 saturated carbocycles. The first-order chi connectivity index (χ1) is 14.0. The van der Waals surface area contributed by atoms with Gasteiger partial charge in [-0.3, -0.25) is 15.0 Å². The van der Waals surface area contributed by atoms with Gasteiger partial charge in [0.15, 0.2) is 0 Å². The van der Waals surface area contributed by atoms with Crippen LogP contribution in [-0.2, 0) is 4.79 Å². The molecule has 0 bridgehead atoms. The van der Waals surface area contributed by atoms with Crippen LogP contribution in [0.1, 0.15) is 49.3 Å². The molecule has 1 unspecified atom stereocenters. The molecule has 0 saturated heterocycles. The van der Waals surface area contributed by atoms with Crippen molar-refractivity contribution in [2.75, 3.05) is 13.6 Å². The highest BCUT2D eigenvalue weighted by molar-refractivity contribution is 5.95. The molecule has 3 amide bonds. The van der Waals surface area contributed by atoms with Gasteiger partial charge in [0.05, 0.1) is 12.6 Å². The highest BCUT2D eigenvalue weighted by Gasteiger charge is 2.23. The number of hydrogen-bond acceptors (Lipinski definition) is 3. The monoisotopic (exact) mass is 397 g/mol. The van der Waals surface area contributed by atoms with Gasteiger partial charge in [0.1, 0.15) is 5.82 Å². The number of rotatable bonds is 6. The number of amides is 3. The summed E-state index contributed by atoms with van der Waals surface area (Å²) in [6, 6.07) is 15.5. The molecule has 3 rings (SSSR count). The van der Waals surface area contributed by atoms with Crippen LogP contribution in [0.4, 0.5) is 9.18 Å². The Hall–Kier alpha value is -2.73. The zero-order chi connectivity index (χ0) is 20.6. The topological polar surface area (TPSA) is 61.4 Å². The van der Waals surface area contributed by atoms with E-state index in [2.05, 4.69) is 10.6 Å². The molecule has 0 aliphatic heterocycles. The van der Waals surface area contributed by atoms with E-state index in [9.17, 15) is 14.0 Å². The third-order valence-corrected chi connectivity index (χ3v) is 5.33. The zero-order valence-corrected chi connectivity index (χ0v) is 16.7. The maximum Gasteiger partial charge on any atom is 0.321 e. The third kappa shape index (κ3) is 6.12. The normalized spacial score (nSPS) is 15.7. The van der Waals surface area contributed by atoms with Crippen LogP contribution in [0.5, 0.6) is 0 Å². The van der Waals surface area contributed by atoms with Crippen LogP contribution in [-0.4, -0.2) is 36.5 Å². The lowest BCUT2D eigenvalue weighted by molar-refractivity contribution is -0.121. The average molecular weight is 397 g/mol. The first kappa shape index (κ1) is 21.0. The van der Waals surface area contributed by atoms with Crippen molar-refractivity contribution in [1.29, 1.82) is 0 Å². The number of benzene rings is 2. The van der Waals surface area contributed by atoms with Crippen molar-refractivity contribution in [2.24, 2.45) is 0 Å². The molecule has 2 aromatic rings. The highest BCUT2D eigenvalue weighted by atomic mass is 19.1. The standard InChI is InChI=1S/C23H28FN3O2/c1-27(16-21(28)26-23(29)25-20-10-6-3-7-11-20)22(17-8-4-2-5-9-17)18-12-14-19(24)15-13-18/h2,4-5,8-9,12-15,20,22H,3,6-7,10-11,16H2,1H3,(H2,25,26,28,29). The lowest BCUT2D eigenvalue weighted by Crippen LogP contribution is -2.48. The van der Waals surface area contributed by atoms with Crippen LogP contribution >= 0.6 is 0 Å². The van der Waals surface area contributed by atoms with Crippen molar-refractivity contribution < 1.29 is 14.0 Å². The Morgan fingerprint density at radius 2 is 1.62 bits per heavy atom. The van der Waals surface area contributed by atoms with E-state index in [1.165, 1.54) is 18.6 Å². The number of carbonyl (C=O) groups excluding carboxylic acids is 2. The summed E-state index contributed by atoms with van der Waals surface area (Å²) in [7, 11) is 1.82. The fourth-order valence-electron chi connectivity index (χ4n) is 3.93. The van der Waals surface area contributed by atoms with Gasteiger partial charge in [0.2, 0.25) is 5.91 Å². The Morgan fingerprint density at radius 1 is 1.00 bits per heavy atom. The van der Waals surface area contributed by atoms with Gasteiger partial charge < -0.3 is 5.32 Å². The molecule has 0 radical (unpaired) electrons. The fraction of sp³-hybridized carbons (Fsp3) is 0.391. The maximum absolute atomic E-state index is 13.4. The summed E-state index contributed by atoms with van der Waals surface area (Å²) in [6.45, 7) is 0.0367. The van der Waals surface area contributed by atoms with Gasteiger partial charge in [-0.25, -0.2) is 9.18 Å². The molecule has 0 heterocycles. The van der Waals surface area contributed by atoms with Gasteiger partial charge >= 0.3 is 6.03 Å². The van der Waals surface area contributed by atoms with Crippen molar-refractivity contribution in [2.45, 2.75) is 44.2 Å². The minimum Gasteiger partial charge on any atom is -0.335 e. The number of nitrogens with zero attached hydrogens (tertiary/aromatic N) is 1. The van der Waals surface area contributed by atoms with E-state index in [0.29, 0.717) is 0 Å². The smallest absolute Gasteiger partial charge is 0.321 e. The van der Waals surface area contributed by atoms with Crippen molar-refractivity contribution >= 4 is 11.9 Å². The second-order valence-corrected chi connectivity index (χ2v) is 7.64. The summed E-state index contributed by atoms with van der Waals surface area (Å²) in [5.41, 5.74) is 1.86. The minimum absolute atomic E-state index is 0.0367. The number of carbonyl (C=O) groups is 2. The molecule has 1 atom stereocenters. The van der Waals surface area contributed by atoms with Crippen molar-refractivity contribution in [3.8, 4) is 0 Å². The predicted octanol–water partition coefficient (Wildman–Crippen LogP) is 4.01. The van der Waals surface area contributed by atoms with E-state index in [0.717, 1.165) is 36.8 Å². The average Bonchev–Trinajstić information content (AvgIpc) is 2.71. The molecule has 0 spiro atoms. The fourth-order valence-corrected chi connectivity index (χ4v) is 3.93. The SMILES string of the molecule is CN(CC(=O)NC(=O)NC1CCCCC1)C(c1ccccc1)c1ccc(F)cc1. The Labute approximate surface area is 171 Å². The molecule has 2 N–H and O–H groups in total. The summed E-state index contributed by atoms with van der Waals surface area (Å²) in [6.07, 6.45) is 5.34. The van der Waals surface area contributed by atoms with Gasteiger partial charge in [-0.1, -0.05) is 61.7 Å². The number of hydrogen-bond donors (Lipinski definition) is 2. The van der Waals surface area contributed by atoms with Gasteiger partial charge in [-0.15, -0.1) is 0 Å². The van der Waals surface area contributed by atoms with E-state index in [1.54, 1.807) is 12.1 Å². The Balaban J connectivity index is 1.64. The molecule has 29 heavy (non-hydrogen) atoms. The number of halogens is 1. The Morgan fingerprint density at radius 3 is 2.28 bits per heavy atom. The van der Waals surface area contributed by atoms with Crippen LogP contribution in [0, 0.1) is 5.82 Å². The second-order valence-electron chi connectivity index (χ2n) is 7.64. The van der Waals surface area contributed by atoms with E-state index in [-0.39, 0.29) is 30.4 Å². The van der Waals surface area contributed by atoms with Crippen molar-refractivity contribution in [1.82, 2.24) is 15.5 Å². The van der Waals surface area contributed by atoms with Crippen LogP contribution in [0.3, 0.4) is 0 Å². The summed E-state index contributed by atoms with van der Waals surface area (Å²) >= 11 is 0. The van der Waals surface area contributed by atoms with Crippen LogP contribution < -0.4 is 10.6 Å². The molecule has 2 aromatic carbocycles. The van der Waals surface area contributed by atoms with Gasteiger partial charge in [-0.05, 0) is 43.1 Å². The lowest BCUT2D eigenvalue weighted by atomic mass is 9.96. The molecular formula is C23H28FN3O2. The maximum atomic E-state index is 13.4. The number of imide groups is 1. The van der Waals surface area contributed by atoms with E-state index in [4.69, 9.17) is 0 Å². The summed E-state index contributed by atoms with van der Waals surface area (Å²) in [4.78, 5) is 26.5. The van der Waals surface area contributed by atoms with Gasteiger partial charge in [-0.2, -0.15) is 0 Å². The molecular weight excluding hydrogens is 369 g/mol. The molecule has 0 aromatic heterocycles. The van der Waals surface area contributed by atoms with Crippen LogP contribution in [0.2, 0.25) is 0 Å². The number of nitrogens with one attached hydrogen (secondary N) is 2. The quantitative estimate of drug-likeness (QED) is 0.774. The van der Waals surface area contributed by atoms with Gasteiger partial charge in [0, 0.05) is 6.04 Å². The summed E-state index contributed by atoms with van der Waals surface area (Å²) in [5.74, 6) is -0.677. The summed E-state index contributed by atoms with van der Waals surface area (Å²) < 4.78 is 13.4. The third-order valence-electron chi connectivity index (χ3n) is 5.33. The molecule has 1 aliphatic rings. The Kier molecular flexibility index (Phi) is 7.36. The van der Waals surface area contributed by atoms with E-state index >= 15 is 0 Å². The molecule has 1 fully saturated rings. The van der Waals surface area contributed by atoms with Gasteiger partial charge in [0.25, 0.3) is 0 Å². The van der Waals surface area contributed by atoms with Crippen molar-refractivity contribution in [3.05, 3.63) is 71.5 Å². The number of likely N-dealkylation sites (N-methyl/N-ethyl adjacent to an activating group) is 1. The number of urea groups is 1.